The lowest BCUT2D eigenvalue weighted by atomic mass is 10.0. The SMILES string of the molecule is COc1cccc(C(CNC(=O)CSc2nc3ccccc3o2)N2CCCC2)c1. The molecule has 1 aliphatic heterocycles. The van der Waals surface area contributed by atoms with Gasteiger partial charge in [-0.1, -0.05) is 36.0 Å². The lowest BCUT2D eigenvalue weighted by Crippen LogP contribution is -2.37. The molecule has 0 radical (unpaired) electrons. The zero-order valence-corrected chi connectivity index (χ0v) is 17.3. The number of thioether (sulfide) groups is 1. The van der Waals surface area contributed by atoms with Crippen molar-refractivity contribution in [3.05, 3.63) is 54.1 Å². The Morgan fingerprint density at radius 3 is 2.86 bits per heavy atom. The monoisotopic (exact) mass is 411 g/mol. The van der Waals surface area contributed by atoms with Crippen molar-refractivity contribution in [2.45, 2.75) is 24.1 Å². The fourth-order valence-corrected chi connectivity index (χ4v) is 4.33. The summed E-state index contributed by atoms with van der Waals surface area (Å²) in [4.78, 5) is 19.3. The second kappa shape index (κ2) is 9.33. The van der Waals surface area contributed by atoms with E-state index in [1.165, 1.54) is 24.6 Å². The van der Waals surface area contributed by atoms with Gasteiger partial charge >= 0.3 is 0 Å². The molecule has 29 heavy (non-hydrogen) atoms. The van der Waals surface area contributed by atoms with Gasteiger partial charge in [0.2, 0.25) is 5.91 Å². The molecule has 1 amide bonds. The van der Waals surface area contributed by atoms with E-state index in [2.05, 4.69) is 27.3 Å². The lowest BCUT2D eigenvalue weighted by molar-refractivity contribution is -0.118. The largest absolute Gasteiger partial charge is 0.497 e. The first-order valence-electron chi connectivity index (χ1n) is 9.86. The maximum absolute atomic E-state index is 12.5. The Bertz CT molecular complexity index is 936. The van der Waals surface area contributed by atoms with Crippen LogP contribution in [0.2, 0.25) is 0 Å². The number of hydrogen-bond donors (Lipinski definition) is 1. The van der Waals surface area contributed by atoms with E-state index < -0.39 is 0 Å². The number of carbonyl (C=O) groups is 1. The third kappa shape index (κ3) is 4.92. The number of methoxy groups -OCH3 is 1. The highest BCUT2D eigenvalue weighted by molar-refractivity contribution is 7.99. The number of benzene rings is 2. The zero-order chi connectivity index (χ0) is 20.1. The summed E-state index contributed by atoms with van der Waals surface area (Å²) in [5, 5.41) is 3.61. The number of nitrogens with zero attached hydrogens (tertiary/aromatic N) is 2. The Balaban J connectivity index is 1.36. The van der Waals surface area contributed by atoms with Crippen LogP contribution in [0, 0.1) is 0 Å². The molecule has 0 saturated carbocycles. The first-order chi connectivity index (χ1) is 14.2. The predicted octanol–water partition coefficient (Wildman–Crippen LogP) is 3.88. The third-order valence-corrected chi connectivity index (χ3v) is 5.98. The van der Waals surface area contributed by atoms with Gasteiger partial charge in [-0.3, -0.25) is 9.69 Å². The molecule has 4 rings (SSSR count). The topological polar surface area (TPSA) is 67.6 Å². The zero-order valence-electron chi connectivity index (χ0n) is 16.5. The number of fused-ring (bicyclic) bond motifs is 1. The van der Waals surface area contributed by atoms with Crippen LogP contribution in [0.25, 0.3) is 11.1 Å². The molecule has 1 unspecified atom stereocenters. The van der Waals surface area contributed by atoms with Crippen LogP contribution in [0.5, 0.6) is 5.75 Å². The first kappa shape index (κ1) is 19.8. The summed E-state index contributed by atoms with van der Waals surface area (Å²) in [5.74, 6) is 1.09. The van der Waals surface area contributed by atoms with E-state index in [1.807, 2.05) is 36.4 Å². The number of ether oxygens (including phenoxy) is 1. The number of aromatic nitrogens is 1. The molecular formula is C22H25N3O3S. The number of nitrogens with one attached hydrogen (secondary N) is 1. The van der Waals surface area contributed by atoms with E-state index in [9.17, 15) is 4.79 Å². The van der Waals surface area contributed by atoms with E-state index in [1.54, 1.807) is 7.11 Å². The Hall–Kier alpha value is -2.51. The highest BCUT2D eigenvalue weighted by atomic mass is 32.2. The van der Waals surface area contributed by atoms with Gasteiger partial charge < -0.3 is 14.5 Å². The summed E-state index contributed by atoms with van der Waals surface area (Å²) < 4.78 is 11.0. The smallest absolute Gasteiger partial charge is 0.257 e. The van der Waals surface area contributed by atoms with E-state index in [0.29, 0.717) is 11.8 Å². The van der Waals surface area contributed by atoms with Gasteiger partial charge in [0, 0.05) is 6.54 Å². The average Bonchev–Trinajstić information content (AvgIpc) is 3.42. The molecule has 1 fully saturated rings. The fourth-order valence-electron chi connectivity index (χ4n) is 3.66. The summed E-state index contributed by atoms with van der Waals surface area (Å²) in [6.45, 7) is 2.67. The van der Waals surface area contributed by atoms with Crippen molar-refractivity contribution in [1.82, 2.24) is 15.2 Å². The number of para-hydroxylation sites is 2. The molecule has 152 valence electrons. The summed E-state index contributed by atoms with van der Waals surface area (Å²) in [6.07, 6.45) is 2.39. The molecule has 3 aromatic rings. The van der Waals surface area contributed by atoms with E-state index >= 15 is 0 Å². The van der Waals surface area contributed by atoms with Crippen molar-refractivity contribution in [3.63, 3.8) is 0 Å². The van der Waals surface area contributed by atoms with Crippen LogP contribution in [0.15, 0.2) is 58.2 Å². The van der Waals surface area contributed by atoms with Gasteiger partial charge in [0.1, 0.15) is 11.3 Å². The normalized spacial score (nSPS) is 15.5. The molecule has 0 aliphatic carbocycles. The molecular weight excluding hydrogens is 386 g/mol. The number of carbonyl (C=O) groups excluding carboxylic acids is 1. The highest BCUT2D eigenvalue weighted by Crippen LogP contribution is 2.27. The summed E-state index contributed by atoms with van der Waals surface area (Å²) in [6, 6.07) is 15.9. The van der Waals surface area contributed by atoms with E-state index in [0.717, 1.165) is 35.5 Å². The summed E-state index contributed by atoms with van der Waals surface area (Å²) in [7, 11) is 1.68. The molecule has 2 heterocycles. The Labute approximate surface area is 174 Å². The summed E-state index contributed by atoms with van der Waals surface area (Å²) >= 11 is 1.32. The van der Waals surface area contributed by atoms with Crippen molar-refractivity contribution in [2.24, 2.45) is 0 Å². The predicted molar refractivity (Wildman–Crippen MR) is 114 cm³/mol. The standard InChI is InChI=1S/C22H25N3O3S/c1-27-17-8-6-7-16(13-17)19(25-11-4-5-12-25)14-23-21(26)15-29-22-24-18-9-2-3-10-20(18)28-22/h2-3,6-10,13,19H,4-5,11-12,14-15H2,1H3,(H,23,26). The number of amides is 1. The molecule has 1 aliphatic rings. The van der Waals surface area contributed by atoms with E-state index in [4.69, 9.17) is 9.15 Å². The second-order valence-electron chi connectivity index (χ2n) is 7.08. The van der Waals surface area contributed by atoms with Crippen LogP contribution in [-0.2, 0) is 4.79 Å². The van der Waals surface area contributed by atoms with Crippen LogP contribution in [0.4, 0.5) is 0 Å². The average molecular weight is 412 g/mol. The maximum atomic E-state index is 12.5. The van der Waals surface area contributed by atoms with Gasteiger partial charge in [-0.25, -0.2) is 4.98 Å². The minimum Gasteiger partial charge on any atom is -0.497 e. The second-order valence-corrected chi connectivity index (χ2v) is 8.00. The minimum absolute atomic E-state index is 0.0238. The molecule has 0 spiro atoms. The van der Waals surface area contributed by atoms with Crippen molar-refractivity contribution < 1.29 is 13.9 Å². The molecule has 1 aromatic heterocycles. The number of rotatable bonds is 8. The fraction of sp³-hybridized carbons (Fsp3) is 0.364. The first-order valence-corrected chi connectivity index (χ1v) is 10.8. The van der Waals surface area contributed by atoms with Crippen molar-refractivity contribution in [3.8, 4) is 5.75 Å². The minimum atomic E-state index is -0.0238. The Morgan fingerprint density at radius 2 is 2.07 bits per heavy atom. The van der Waals surface area contributed by atoms with Crippen LogP contribution in [0.1, 0.15) is 24.4 Å². The van der Waals surface area contributed by atoms with Crippen LogP contribution in [-0.4, -0.2) is 48.3 Å². The maximum Gasteiger partial charge on any atom is 0.257 e. The van der Waals surface area contributed by atoms with Crippen molar-refractivity contribution >= 4 is 28.8 Å². The van der Waals surface area contributed by atoms with Gasteiger partial charge in [0.25, 0.3) is 5.22 Å². The number of likely N-dealkylation sites (tertiary alicyclic amines) is 1. The number of oxazole rings is 1. The molecule has 2 aromatic carbocycles. The summed E-state index contributed by atoms with van der Waals surface area (Å²) in [5.41, 5.74) is 2.71. The molecule has 1 N–H and O–H groups in total. The van der Waals surface area contributed by atoms with Crippen LogP contribution in [0.3, 0.4) is 0 Å². The van der Waals surface area contributed by atoms with Gasteiger partial charge in [0.05, 0.1) is 18.9 Å². The van der Waals surface area contributed by atoms with Crippen LogP contribution < -0.4 is 10.1 Å². The van der Waals surface area contributed by atoms with Gasteiger partial charge in [-0.15, -0.1) is 0 Å². The van der Waals surface area contributed by atoms with Gasteiger partial charge in [0.15, 0.2) is 5.58 Å². The highest BCUT2D eigenvalue weighted by Gasteiger charge is 2.24. The van der Waals surface area contributed by atoms with Crippen molar-refractivity contribution in [1.29, 1.82) is 0 Å². The number of hydrogen-bond acceptors (Lipinski definition) is 6. The molecule has 1 atom stereocenters. The Morgan fingerprint density at radius 1 is 1.24 bits per heavy atom. The molecule has 7 heteroatoms. The van der Waals surface area contributed by atoms with Gasteiger partial charge in [-0.2, -0.15) is 0 Å². The molecule has 6 nitrogen and oxygen atoms in total. The van der Waals surface area contributed by atoms with E-state index in [-0.39, 0.29) is 17.7 Å². The third-order valence-electron chi connectivity index (χ3n) is 5.15. The quantitative estimate of drug-likeness (QED) is 0.568. The van der Waals surface area contributed by atoms with Crippen LogP contribution >= 0.6 is 11.8 Å². The molecule has 0 bridgehead atoms. The van der Waals surface area contributed by atoms with Crippen molar-refractivity contribution in [2.75, 3.05) is 32.5 Å². The Kier molecular flexibility index (Phi) is 6.36. The lowest BCUT2D eigenvalue weighted by Gasteiger charge is -2.28. The molecule has 1 saturated heterocycles. The van der Waals surface area contributed by atoms with Gasteiger partial charge in [-0.05, 0) is 55.8 Å².